The quantitative estimate of drug-likeness (QED) is 0.123. The Bertz CT molecular complexity index is 1440. The SMILES string of the molecule is CCOC(=O)NCC(C)(C)C(=O)SCCOP(=O)(NCc1ccccc1)OC[C@H]1O[C@@H](n2ccc(=O)[nH]c2=O)[C@](C)(Cl)[C@@H]1O. The first-order chi connectivity index (χ1) is 20.7. The normalized spacial score (nSPS) is 23.2. The van der Waals surface area contributed by atoms with Gasteiger partial charge in [0.15, 0.2) is 11.3 Å². The van der Waals surface area contributed by atoms with E-state index in [0.717, 1.165) is 28.0 Å². The van der Waals surface area contributed by atoms with Gasteiger partial charge in [-0.05, 0) is 19.4 Å². The number of nitrogens with zero attached hydrogens (tertiary/aromatic N) is 1. The van der Waals surface area contributed by atoms with Crippen LogP contribution in [-0.4, -0.2) is 75.1 Å². The standard InChI is InChI=1S/C27H38ClN4O10PS/c1-5-39-25(37)29-17-26(2,3)23(35)44-14-13-40-43(38,30-15-18-9-7-6-8-10-18)41-16-19-21(34)27(4,28)22(42-19)32-12-11-20(33)31-24(32)36/h6-12,19,21-22,34H,5,13-17H2,1-4H3,(H,29,37)(H,30,38)(H,31,33,36)/t19-,21-,22-,27-,43?/m1/s1. The highest BCUT2D eigenvalue weighted by molar-refractivity contribution is 8.13. The summed E-state index contributed by atoms with van der Waals surface area (Å²) in [7, 11) is -4.05. The van der Waals surface area contributed by atoms with Crippen molar-refractivity contribution in [3.8, 4) is 0 Å². The Morgan fingerprint density at radius 2 is 1.93 bits per heavy atom. The van der Waals surface area contributed by atoms with Gasteiger partial charge in [-0.3, -0.25) is 28.2 Å². The number of aromatic nitrogens is 2. The minimum Gasteiger partial charge on any atom is -0.450 e. The molecule has 0 saturated carbocycles. The van der Waals surface area contributed by atoms with E-state index in [9.17, 15) is 28.8 Å². The van der Waals surface area contributed by atoms with Crippen molar-refractivity contribution in [3.05, 3.63) is 69.0 Å². The number of hydrogen-bond donors (Lipinski definition) is 4. The van der Waals surface area contributed by atoms with E-state index in [2.05, 4.69) is 15.4 Å². The van der Waals surface area contributed by atoms with E-state index in [1.165, 1.54) is 13.1 Å². The lowest BCUT2D eigenvalue weighted by Crippen LogP contribution is -2.43. The van der Waals surface area contributed by atoms with Crippen LogP contribution in [0.1, 0.15) is 39.5 Å². The summed E-state index contributed by atoms with van der Waals surface area (Å²) < 4.78 is 36.8. The minimum absolute atomic E-state index is 0.0636. The molecule has 2 aromatic rings. The number of hydrogen-bond acceptors (Lipinski definition) is 11. The number of aliphatic hydroxyl groups is 1. The zero-order valence-electron chi connectivity index (χ0n) is 24.8. The Morgan fingerprint density at radius 3 is 2.59 bits per heavy atom. The van der Waals surface area contributed by atoms with E-state index < -0.39 is 60.4 Å². The minimum atomic E-state index is -4.05. The topological polar surface area (TPSA) is 187 Å². The molecule has 1 aromatic heterocycles. The molecule has 3 rings (SSSR count). The highest BCUT2D eigenvalue weighted by Gasteiger charge is 2.54. The second kappa shape index (κ2) is 15.7. The van der Waals surface area contributed by atoms with Crippen LogP contribution in [0.2, 0.25) is 0 Å². The third kappa shape index (κ3) is 9.75. The molecule has 0 aliphatic carbocycles. The molecule has 0 spiro atoms. The van der Waals surface area contributed by atoms with Crippen LogP contribution < -0.4 is 21.7 Å². The van der Waals surface area contributed by atoms with E-state index in [4.69, 9.17) is 30.1 Å². The highest BCUT2D eigenvalue weighted by atomic mass is 35.5. The number of halogens is 1. The Morgan fingerprint density at radius 1 is 1.23 bits per heavy atom. The maximum atomic E-state index is 13.8. The van der Waals surface area contributed by atoms with Crippen molar-refractivity contribution >= 4 is 42.3 Å². The van der Waals surface area contributed by atoms with Crippen LogP contribution in [0.25, 0.3) is 0 Å². The monoisotopic (exact) mass is 676 g/mol. The van der Waals surface area contributed by atoms with Gasteiger partial charge in [0.05, 0.1) is 25.2 Å². The van der Waals surface area contributed by atoms with Gasteiger partial charge in [-0.2, -0.15) is 0 Å². The molecular formula is C27H38ClN4O10PS. The van der Waals surface area contributed by atoms with E-state index in [1.807, 2.05) is 30.3 Å². The zero-order chi connectivity index (χ0) is 32.5. The number of carbonyl (C=O) groups excluding carboxylic acids is 2. The van der Waals surface area contributed by atoms with Crippen LogP contribution in [0.5, 0.6) is 0 Å². The lowest BCUT2D eigenvalue weighted by Gasteiger charge is -2.26. The molecule has 44 heavy (non-hydrogen) atoms. The van der Waals surface area contributed by atoms with Crippen LogP contribution in [-0.2, 0) is 34.4 Å². The zero-order valence-corrected chi connectivity index (χ0v) is 27.3. The molecule has 1 amide bonds. The molecule has 1 aliphatic heterocycles. The summed E-state index contributed by atoms with van der Waals surface area (Å²) in [4.78, 5) is 48.8. The van der Waals surface area contributed by atoms with Crippen molar-refractivity contribution < 1.29 is 37.8 Å². The smallest absolute Gasteiger partial charge is 0.407 e. The number of benzene rings is 1. The van der Waals surface area contributed by atoms with Gasteiger partial charge in [-0.15, -0.1) is 11.6 Å². The third-order valence-electron chi connectivity index (χ3n) is 6.63. The van der Waals surface area contributed by atoms with Gasteiger partial charge in [0.25, 0.3) is 5.56 Å². The number of alkyl halides is 1. The van der Waals surface area contributed by atoms with Crippen LogP contribution >= 0.6 is 31.1 Å². The average Bonchev–Trinajstić information content (AvgIpc) is 3.20. The molecule has 1 aliphatic rings. The summed E-state index contributed by atoms with van der Waals surface area (Å²) in [5.74, 6) is 0.127. The highest BCUT2D eigenvalue weighted by Crippen LogP contribution is 2.47. The van der Waals surface area contributed by atoms with Crippen molar-refractivity contribution in [2.75, 3.05) is 32.1 Å². The van der Waals surface area contributed by atoms with E-state index >= 15 is 0 Å². The first kappa shape index (κ1) is 36.0. The molecule has 1 saturated heterocycles. The fraction of sp³-hybridized carbons (Fsp3) is 0.556. The number of carbonyl (C=O) groups is 2. The molecule has 244 valence electrons. The molecule has 1 aromatic carbocycles. The van der Waals surface area contributed by atoms with Crippen molar-refractivity contribution in [2.24, 2.45) is 5.41 Å². The van der Waals surface area contributed by atoms with Gasteiger partial charge in [0.1, 0.15) is 17.1 Å². The first-order valence-electron chi connectivity index (χ1n) is 13.8. The lowest BCUT2D eigenvalue weighted by molar-refractivity contribution is -0.117. The van der Waals surface area contributed by atoms with E-state index in [0.29, 0.717) is 0 Å². The van der Waals surface area contributed by atoms with Gasteiger partial charge in [-0.25, -0.2) is 19.2 Å². The number of aliphatic hydroxyl groups excluding tert-OH is 1. The largest absolute Gasteiger partial charge is 0.450 e. The summed E-state index contributed by atoms with van der Waals surface area (Å²) >= 11 is 7.52. The van der Waals surface area contributed by atoms with Gasteiger partial charge in [0.2, 0.25) is 0 Å². The third-order valence-corrected chi connectivity index (χ3v) is 9.78. The van der Waals surface area contributed by atoms with Crippen molar-refractivity contribution in [1.82, 2.24) is 20.0 Å². The van der Waals surface area contributed by atoms with Gasteiger partial charge in [0, 0.05) is 31.1 Å². The molecule has 5 atom stereocenters. The summed E-state index contributed by atoms with van der Waals surface area (Å²) in [6.45, 7) is 6.30. The maximum Gasteiger partial charge on any atom is 0.407 e. The van der Waals surface area contributed by atoms with Crippen molar-refractivity contribution in [1.29, 1.82) is 0 Å². The number of H-pyrrole nitrogens is 1. The van der Waals surface area contributed by atoms with Gasteiger partial charge in [-0.1, -0.05) is 55.9 Å². The van der Waals surface area contributed by atoms with Gasteiger partial charge < -0.3 is 19.9 Å². The number of nitrogens with one attached hydrogen (secondary N) is 3. The molecule has 1 fully saturated rings. The van der Waals surface area contributed by atoms with E-state index in [1.54, 1.807) is 20.8 Å². The van der Waals surface area contributed by atoms with Crippen LogP contribution in [0.3, 0.4) is 0 Å². The number of thioether (sulfide) groups is 1. The molecule has 2 heterocycles. The first-order valence-corrected chi connectivity index (χ1v) is 16.7. The Hall–Kier alpha value is -2.49. The molecule has 4 N–H and O–H groups in total. The maximum absolute atomic E-state index is 13.8. The number of alkyl carbamates (subject to hydrolysis) is 1. The molecule has 1 unspecified atom stereocenters. The summed E-state index contributed by atoms with van der Waals surface area (Å²) in [5.41, 5.74) is -1.50. The predicted octanol–water partition coefficient (Wildman–Crippen LogP) is 2.76. The second-order valence-corrected chi connectivity index (χ2v) is 14.4. The van der Waals surface area contributed by atoms with E-state index in [-0.39, 0.29) is 37.2 Å². The lowest BCUT2D eigenvalue weighted by atomic mass is 9.96. The Labute approximate surface area is 263 Å². The molecule has 0 radical (unpaired) electrons. The Kier molecular flexibility index (Phi) is 12.8. The van der Waals surface area contributed by atoms with Gasteiger partial charge >= 0.3 is 19.5 Å². The number of aromatic amines is 1. The number of rotatable bonds is 15. The number of ether oxygens (including phenoxy) is 2. The summed E-state index contributed by atoms with van der Waals surface area (Å²) in [6, 6.07) is 10.2. The fourth-order valence-corrected chi connectivity index (χ4v) is 6.62. The predicted molar refractivity (Wildman–Crippen MR) is 165 cm³/mol. The van der Waals surface area contributed by atoms with Crippen LogP contribution in [0.4, 0.5) is 4.79 Å². The van der Waals surface area contributed by atoms with Crippen LogP contribution in [0, 0.1) is 5.41 Å². The molecule has 0 bridgehead atoms. The van der Waals surface area contributed by atoms with Crippen molar-refractivity contribution in [2.45, 2.75) is 57.5 Å². The second-order valence-electron chi connectivity index (χ2n) is 10.7. The summed E-state index contributed by atoms with van der Waals surface area (Å²) in [6.07, 6.45) is -3.09. The Balaban J connectivity index is 1.63. The summed E-state index contributed by atoms with van der Waals surface area (Å²) in [5, 5.41) is 16.0. The molecular weight excluding hydrogens is 639 g/mol. The molecule has 14 nitrogen and oxygen atoms in total. The van der Waals surface area contributed by atoms with Crippen molar-refractivity contribution in [3.63, 3.8) is 0 Å². The molecule has 17 heteroatoms. The van der Waals surface area contributed by atoms with Crippen LogP contribution in [0.15, 0.2) is 52.2 Å². The average molecular weight is 677 g/mol. The number of amides is 1. The fourth-order valence-electron chi connectivity index (χ4n) is 4.08.